The quantitative estimate of drug-likeness (QED) is 0.593. The number of hydrogen-bond donors (Lipinski definition) is 1. The Kier molecular flexibility index (Phi) is 7.38. The summed E-state index contributed by atoms with van der Waals surface area (Å²) in [6.07, 6.45) is 0. The highest BCUT2D eigenvalue weighted by Gasteiger charge is 2.49. The van der Waals surface area contributed by atoms with E-state index in [-0.39, 0.29) is 17.0 Å². The van der Waals surface area contributed by atoms with E-state index in [1.165, 1.54) is 15.9 Å². The Bertz CT molecular complexity index is 650. The van der Waals surface area contributed by atoms with E-state index < -0.39 is 7.26 Å². The monoisotopic (exact) mass is 413 g/mol. The molecule has 1 nitrogen and oxygen atoms in total. The van der Waals surface area contributed by atoms with Gasteiger partial charge in [0, 0.05) is 0 Å². The van der Waals surface area contributed by atoms with Crippen LogP contribution in [-0.2, 0) is 0 Å². The predicted octanol–water partition coefficient (Wildman–Crippen LogP) is 0.940. The molecule has 0 aromatic heterocycles. The summed E-state index contributed by atoms with van der Waals surface area (Å²) in [4.78, 5) is 0. The molecule has 1 unspecified atom stereocenters. The highest BCUT2D eigenvalue weighted by molar-refractivity contribution is 7.96. The molecule has 1 atom stereocenters. The first-order valence-corrected chi connectivity index (χ1v) is 10.4. The van der Waals surface area contributed by atoms with Crippen LogP contribution in [-0.4, -0.2) is 12.3 Å². The first kappa shape index (κ1) is 19.8. The highest BCUT2D eigenvalue weighted by Crippen LogP contribution is 2.58. The molecule has 3 aromatic rings. The van der Waals surface area contributed by atoms with E-state index in [0.29, 0.717) is 5.78 Å². The van der Waals surface area contributed by atoms with E-state index in [0.717, 1.165) is 6.54 Å². The van der Waals surface area contributed by atoms with Gasteiger partial charge in [-0.25, -0.2) is 0 Å². The Morgan fingerprint density at radius 2 is 1.00 bits per heavy atom. The van der Waals surface area contributed by atoms with E-state index in [4.69, 9.17) is 0 Å². The summed E-state index contributed by atoms with van der Waals surface area (Å²) in [6.45, 7) is 5.49. The molecule has 0 spiro atoms. The van der Waals surface area contributed by atoms with Gasteiger partial charge in [-0.15, -0.1) is 0 Å². The van der Waals surface area contributed by atoms with Crippen LogP contribution in [0.4, 0.5) is 0 Å². The van der Waals surface area contributed by atoms with E-state index in [1.807, 2.05) is 0 Å². The summed E-state index contributed by atoms with van der Waals surface area (Å²) in [5.74, 6) is 0.370. The second-order valence-corrected chi connectivity index (χ2v) is 9.73. The molecule has 3 rings (SSSR count). The Balaban J connectivity index is 0.00000225. The zero-order chi connectivity index (χ0) is 16.8. The smallest absolute Gasteiger partial charge is 0.131 e. The Hall–Kier alpha value is -1.47. The molecule has 1 N–H and O–H groups in total. The summed E-state index contributed by atoms with van der Waals surface area (Å²) in [6, 6.07) is 33.0. The summed E-state index contributed by atoms with van der Waals surface area (Å²) in [7, 11) is -1.77. The third-order valence-electron chi connectivity index (χ3n) is 4.57. The average Bonchev–Trinajstić information content (AvgIpc) is 2.65. The molecule has 0 bridgehead atoms. The molecule has 130 valence electrons. The summed E-state index contributed by atoms with van der Waals surface area (Å²) < 4.78 is 0. The van der Waals surface area contributed by atoms with E-state index in [2.05, 4.69) is 110 Å². The number of halogens is 1. The van der Waals surface area contributed by atoms with Crippen molar-refractivity contribution in [2.24, 2.45) is 0 Å². The first-order chi connectivity index (χ1) is 11.8. The zero-order valence-corrected chi connectivity index (χ0v) is 17.3. The molecule has 0 fully saturated rings. The van der Waals surface area contributed by atoms with Crippen molar-refractivity contribution in [1.82, 2.24) is 5.32 Å². The second-order valence-electron chi connectivity index (χ2n) is 5.96. The van der Waals surface area contributed by atoms with Gasteiger partial charge in [0.2, 0.25) is 0 Å². The summed E-state index contributed by atoms with van der Waals surface area (Å²) in [5, 5.41) is 8.01. The average molecular weight is 414 g/mol. The zero-order valence-electron chi connectivity index (χ0n) is 14.8. The minimum atomic E-state index is -1.77. The van der Waals surface area contributed by atoms with Crippen LogP contribution in [0.15, 0.2) is 91.0 Å². The first-order valence-electron chi connectivity index (χ1n) is 8.59. The normalized spacial score (nSPS) is 12.2. The maximum Gasteiger partial charge on any atom is 0.131 e. The van der Waals surface area contributed by atoms with E-state index in [1.54, 1.807) is 0 Å². The van der Waals surface area contributed by atoms with Gasteiger partial charge in [0.25, 0.3) is 0 Å². The molecule has 0 aliphatic heterocycles. The molecule has 0 aliphatic carbocycles. The van der Waals surface area contributed by atoms with Crippen LogP contribution < -0.4 is 38.2 Å². The lowest BCUT2D eigenvalue weighted by Crippen LogP contribution is -3.00. The fraction of sp³-hybridized carbons (Fsp3) is 0.182. The fourth-order valence-corrected chi connectivity index (χ4v) is 8.16. The van der Waals surface area contributed by atoms with Crippen molar-refractivity contribution in [3.63, 3.8) is 0 Å². The standard InChI is InChI=1S/C22H25NP.BrH/c1-3-23-19(2)24(20-13-7-4-8-14-20,21-15-9-5-10-16-21)22-17-11-6-12-18-22;/h4-19,23H,3H2,1-2H3;1H/q+1;/p-1. The summed E-state index contributed by atoms with van der Waals surface area (Å²) in [5.41, 5.74) is 0. The molecule has 3 aromatic carbocycles. The van der Waals surface area contributed by atoms with Crippen molar-refractivity contribution in [2.45, 2.75) is 19.6 Å². The van der Waals surface area contributed by atoms with Crippen molar-refractivity contribution in [3.05, 3.63) is 91.0 Å². The number of rotatable bonds is 6. The van der Waals surface area contributed by atoms with Crippen LogP contribution in [0.2, 0.25) is 0 Å². The lowest BCUT2D eigenvalue weighted by Gasteiger charge is -2.33. The number of nitrogens with one attached hydrogen (secondary N) is 1. The minimum absolute atomic E-state index is 0. The summed E-state index contributed by atoms with van der Waals surface area (Å²) >= 11 is 0. The van der Waals surface area contributed by atoms with Gasteiger partial charge in [-0.1, -0.05) is 61.5 Å². The van der Waals surface area contributed by atoms with E-state index >= 15 is 0 Å². The third kappa shape index (κ3) is 3.87. The number of benzene rings is 3. The van der Waals surface area contributed by atoms with Gasteiger partial charge in [0.1, 0.15) is 29.0 Å². The van der Waals surface area contributed by atoms with Gasteiger partial charge < -0.3 is 17.0 Å². The van der Waals surface area contributed by atoms with Crippen LogP contribution in [0.5, 0.6) is 0 Å². The van der Waals surface area contributed by atoms with Crippen molar-refractivity contribution in [3.8, 4) is 0 Å². The van der Waals surface area contributed by atoms with Gasteiger partial charge >= 0.3 is 0 Å². The molecule has 25 heavy (non-hydrogen) atoms. The van der Waals surface area contributed by atoms with Gasteiger partial charge in [0.15, 0.2) is 0 Å². The molecule has 3 heteroatoms. The largest absolute Gasteiger partial charge is 1.00 e. The maximum absolute atomic E-state index is 3.73. The Labute approximate surface area is 162 Å². The van der Waals surface area contributed by atoms with Crippen LogP contribution in [0.1, 0.15) is 13.8 Å². The maximum atomic E-state index is 3.73. The molecular weight excluding hydrogens is 389 g/mol. The molecule has 0 saturated carbocycles. The van der Waals surface area contributed by atoms with Crippen molar-refractivity contribution in [2.75, 3.05) is 6.54 Å². The number of hydrogen-bond acceptors (Lipinski definition) is 1. The second kappa shape index (κ2) is 9.29. The van der Waals surface area contributed by atoms with E-state index in [9.17, 15) is 0 Å². The lowest BCUT2D eigenvalue weighted by atomic mass is 10.4. The van der Waals surface area contributed by atoms with Gasteiger partial charge in [-0.2, -0.15) is 0 Å². The minimum Gasteiger partial charge on any atom is -1.00 e. The van der Waals surface area contributed by atoms with Gasteiger partial charge in [0.05, 0.1) is 0 Å². The SMILES string of the molecule is CCNC(C)[P+](c1ccccc1)(c1ccccc1)c1ccccc1.[Br-]. The van der Waals surface area contributed by atoms with Crippen LogP contribution in [0, 0.1) is 0 Å². The lowest BCUT2D eigenvalue weighted by molar-refractivity contribution is -0.00000484. The molecule has 0 amide bonds. The van der Waals surface area contributed by atoms with Crippen LogP contribution in [0.3, 0.4) is 0 Å². The third-order valence-corrected chi connectivity index (χ3v) is 9.25. The molecule has 0 radical (unpaired) electrons. The van der Waals surface area contributed by atoms with Crippen molar-refractivity contribution < 1.29 is 17.0 Å². The highest BCUT2D eigenvalue weighted by atomic mass is 79.9. The van der Waals surface area contributed by atoms with Gasteiger partial charge in [-0.05, 0) is 49.9 Å². The van der Waals surface area contributed by atoms with Gasteiger partial charge in [-0.3, -0.25) is 5.32 Å². The Morgan fingerprint density at radius 1 is 0.680 bits per heavy atom. The fourth-order valence-electron chi connectivity index (χ4n) is 3.54. The van der Waals surface area contributed by atoms with Crippen LogP contribution in [0.25, 0.3) is 0 Å². The molecule has 0 aliphatic rings. The molecular formula is C22H25BrNP. The van der Waals surface area contributed by atoms with Crippen molar-refractivity contribution >= 4 is 23.2 Å². The molecule has 0 heterocycles. The topological polar surface area (TPSA) is 12.0 Å². The predicted molar refractivity (Wildman–Crippen MR) is 108 cm³/mol. The van der Waals surface area contributed by atoms with Crippen LogP contribution >= 0.6 is 7.26 Å². The molecule has 0 saturated heterocycles. The van der Waals surface area contributed by atoms with Crippen molar-refractivity contribution in [1.29, 1.82) is 0 Å². The Morgan fingerprint density at radius 3 is 1.28 bits per heavy atom.